The van der Waals surface area contributed by atoms with Crippen LogP contribution in [0.15, 0.2) is 24.3 Å². The normalized spacial score (nSPS) is 17.0. The number of carbonyl (C=O) groups is 2. The zero-order valence-electron chi connectivity index (χ0n) is 15.8. The first-order valence-corrected chi connectivity index (χ1v) is 9.78. The van der Waals surface area contributed by atoms with Crippen molar-refractivity contribution in [1.82, 2.24) is 14.8 Å². The first-order chi connectivity index (χ1) is 12.4. The van der Waals surface area contributed by atoms with Crippen molar-refractivity contribution in [2.45, 2.75) is 27.2 Å². The van der Waals surface area contributed by atoms with Gasteiger partial charge in [0.15, 0.2) is 0 Å². The molecule has 1 aromatic heterocycles. The molecule has 0 unspecified atom stereocenters. The molecule has 1 saturated heterocycles. The Morgan fingerprint density at radius 1 is 1.31 bits per heavy atom. The van der Waals surface area contributed by atoms with E-state index in [0.717, 1.165) is 34.2 Å². The zero-order chi connectivity index (χ0) is 18.8. The predicted octanol–water partition coefficient (Wildman–Crippen LogP) is 3.37. The van der Waals surface area contributed by atoms with E-state index in [-0.39, 0.29) is 17.7 Å². The number of rotatable bonds is 5. The second kappa shape index (κ2) is 7.58. The number of benzene rings is 1. The molecule has 0 N–H and O–H groups in total. The van der Waals surface area contributed by atoms with Crippen LogP contribution in [-0.4, -0.2) is 53.3 Å². The van der Waals surface area contributed by atoms with Crippen molar-refractivity contribution in [3.8, 4) is 10.4 Å². The molecule has 26 heavy (non-hydrogen) atoms. The predicted molar refractivity (Wildman–Crippen MR) is 104 cm³/mol. The maximum Gasteiger partial charge on any atom is 0.253 e. The highest BCUT2D eigenvalue weighted by molar-refractivity contribution is 7.15. The van der Waals surface area contributed by atoms with E-state index in [1.54, 1.807) is 16.2 Å². The number of aryl methyl sites for hydroxylation is 2. The second-order valence-electron chi connectivity index (χ2n) is 6.91. The van der Waals surface area contributed by atoms with Gasteiger partial charge in [-0.3, -0.25) is 9.59 Å². The van der Waals surface area contributed by atoms with Crippen molar-refractivity contribution < 1.29 is 9.59 Å². The summed E-state index contributed by atoms with van der Waals surface area (Å²) in [6.45, 7) is 8.09. The molecule has 5 nitrogen and oxygen atoms in total. The van der Waals surface area contributed by atoms with Gasteiger partial charge >= 0.3 is 0 Å². The van der Waals surface area contributed by atoms with Crippen LogP contribution in [0.2, 0.25) is 0 Å². The topological polar surface area (TPSA) is 53.5 Å². The molecule has 1 aromatic carbocycles. The number of carbonyl (C=O) groups excluding carboxylic acids is 2. The van der Waals surface area contributed by atoms with E-state index in [9.17, 15) is 9.59 Å². The molecule has 1 aliphatic rings. The lowest BCUT2D eigenvalue weighted by molar-refractivity contribution is -0.127. The number of hydrogen-bond donors (Lipinski definition) is 0. The van der Waals surface area contributed by atoms with Crippen LogP contribution in [-0.2, 0) is 4.79 Å². The van der Waals surface area contributed by atoms with Crippen LogP contribution in [0, 0.1) is 19.8 Å². The van der Waals surface area contributed by atoms with Crippen LogP contribution >= 0.6 is 11.3 Å². The molecule has 1 aliphatic heterocycles. The molecule has 6 heteroatoms. The summed E-state index contributed by atoms with van der Waals surface area (Å²) in [5.74, 6) is 0.410. The third-order valence-electron chi connectivity index (χ3n) is 4.85. The van der Waals surface area contributed by atoms with Gasteiger partial charge in [0.2, 0.25) is 5.91 Å². The maximum atomic E-state index is 12.7. The summed E-state index contributed by atoms with van der Waals surface area (Å²) in [7, 11) is 1.81. The van der Waals surface area contributed by atoms with Gasteiger partial charge < -0.3 is 9.80 Å². The van der Waals surface area contributed by atoms with Gasteiger partial charge in [0.25, 0.3) is 5.91 Å². The van der Waals surface area contributed by atoms with Crippen molar-refractivity contribution in [1.29, 1.82) is 0 Å². The fourth-order valence-corrected chi connectivity index (χ4v) is 4.46. The Morgan fingerprint density at radius 2 is 2.00 bits per heavy atom. The molecule has 2 amide bonds. The van der Waals surface area contributed by atoms with Crippen molar-refractivity contribution >= 4 is 23.2 Å². The standard InChI is InChI=1S/C20H25N3O2S/c1-5-23-12-15(10-18(23)24)11-22(4)20(25)17-8-6-16(7-9-17)19-13(2)21-14(3)26-19/h6-9,15H,5,10-12H2,1-4H3/t15-/m0/s1. The van der Waals surface area contributed by atoms with Gasteiger partial charge in [0, 0.05) is 44.6 Å². The Balaban J connectivity index is 1.66. The molecule has 1 atom stereocenters. The lowest BCUT2D eigenvalue weighted by Gasteiger charge is -2.21. The number of thiazole rings is 1. The van der Waals surface area contributed by atoms with Gasteiger partial charge in [-0.05, 0) is 38.5 Å². The van der Waals surface area contributed by atoms with Gasteiger partial charge in [0.05, 0.1) is 15.6 Å². The first kappa shape index (κ1) is 18.6. The van der Waals surface area contributed by atoms with E-state index in [1.165, 1.54) is 0 Å². The summed E-state index contributed by atoms with van der Waals surface area (Å²) < 4.78 is 0. The Kier molecular flexibility index (Phi) is 5.41. The number of hydrogen-bond acceptors (Lipinski definition) is 4. The minimum Gasteiger partial charge on any atom is -0.343 e. The van der Waals surface area contributed by atoms with Crippen LogP contribution in [0.4, 0.5) is 0 Å². The van der Waals surface area contributed by atoms with E-state index in [0.29, 0.717) is 18.5 Å². The lowest BCUT2D eigenvalue weighted by Crippen LogP contribution is -2.33. The Hall–Kier alpha value is -2.21. The minimum absolute atomic E-state index is 0.00356. The second-order valence-corrected chi connectivity index (χ2v) is 8.12. The Morgan fingerprint density at radius 3 is 2.54 bits per heavy atom. The Labute approximate surface area is 158 Å². The van der Waals surface area contributed by atoms with Gasteiger partial charge in [0.1, 0.15) is 0 Å². The number of likely N-dealkylation sites (tertiary alicyclic amines) is 1. The van der Waals surface area contributed by atoms with Crippen molar-refractivity contribution in [3.05, 3.63) is 40.5 Å². The molecular formula is C20H25N3O2S. The van der Waals surface area contributed by atoms with Crippen molar-refractivity contribution in [3.63, 3.8) is 0 Å². The van der Waals surface area contributed by atoms with E-state index in [4.69, 9.17) is 0 Å². The Bertz CT molecular complexity index is 813. The zero-order valence-corrected chi connectivity index (χ0v) is 16.6. The molecule has 2 heterocycles. The van der Waals surface area contributed by atoms with E-state index < -0.39 is 0 Å². The van der Waals surface area contributed by atoms with Gasteiger partial charge in [-0.2, -0.15) is 0 Å². The summed E-state index contributed by atoms with van der Waals surface area (Å²) in [6.07, 6.45) is 0.536. The third-order valence-corrected chi connectivity index (χ3v) is 5.97. The van der Waals surface area contributed by atoms with E-state index >= 15 is 0 Å². The molecule has 0 spiro atoms. The lowest BCUT2D eigenvalue weighted by atomic mass is 10.1. The summed E-state index contributed by atoms with van der Waals surface area (Å²) in [5, 5.41) is 1.05. The van der Waals surface area contributed by atoms with Crippen LogP contribution < -0.4 is 0 Å². The minimum atomic E-state index is -0.00356. The van der Waals surface area contributed by atoms with Crippen molar-refractivity contribution in [2.75, 3.05) is 26.7 Å². The first-order valence-electron chi connectivity index (χ1n) is 8.96. The number of amides is 2. The fourth-order valence-electron chi connectivity index (χ4n) is 3.54. The molecule has 3 rings (SSSR count). The van der Waals surface area contributed by atoms with Gasteiger partial charge in [-0.15, -0.1) is 11.3 Å². The monoisotopic (exact) mass is 371 g/mol. The smallest absolute Gasteiger partial charge is 0.253 e. The summed E-state index contributed by atoms with van der Waals surface area (Å²) >= 11 is 1.67. The quantitative estimate of drug-likeness (QED) is 0.810. The van der Waals surface area contributed by atoms with Crippen molar-refractivity contribution in [2.24, 2.45) is 5.92 Å². The van der Waals surface area contributed by atoms with Gasteiger partial charge in [-0.1, -0.05) is 12.1 Å². The van der Waals surface area contributed by atoms with E-state index in [2.05, 4.69) is 4.98 Å². The van der Waals surface area contributed by atoms with Gasteiger partial charge in [-0.25, -0.2) is 4.98 Å². The van der Waals surface area contributed by atoms with Crippen LogP contribution in [0.1, 0.15) is 34.4 Å². The highest BCUT2D eigenvalue weighted by Gasteiger charge is 2.30. The number of aromatic nitrogens is 1. The maximum absolute atomic E-state index is 12.7. The molecule has 0 saturated carbocycles. The molecule has 2 aromatic rings. The average Bonchev–Trinajstić information content (AvgIpc) is 3.15. The third kappa shape index (κ3) is 3.80. The average molecular weight is 372 g/mol. The molecule has 1 fully saturated rings. The summed E-state index contributed by atoms with van der Waals surface area (Å²) in [6, 6.07) is 7.72. The molecular weight excluding hydrogens is 346 g/mol. The highest BCUT2D eigenvalue weighted by Crippen LogP contribution is 2.30. The summed E-state index contributed by atoms with van der Waals surface area (Å²) in [4.78, 5) is 33.8. The fraction of sp³-hybridized carbons (Fsp3) is 0.450. The van der Waals surface area contributed by atoms with Crippen LogP contribution in [0.5, 0.6) is 0 Å². The highest BCUT2D eigenvalue weighted by atomic mass is 32.1. The van der Waals surface area contributed by atoms with Crippen LogP contribution in [0.3, 0.4) is 0 Å². The molecule has 0 bridgehead atoms. The largest absolute Gasteiger partial charge is 0.343 e. The molecule has 0 aliphatic carbocycles. The van der Waals surface area contributed by atoms with Crippen LogP contribution in [0.25, 0.3) is 10.4 Å². The van der Waals surface area contributed by atoms with E-state index in [1.807, 2.05) is 57.0 Å². The molecule has 0 radical (unpaired) electrons. The summed E-state index contributed by atoms with van der Waals surface area (Å²) in [5.41, 5.74) is 2.79. The molecule has 138 valence electrons. The SMILES string of the molecule is CCN1C[C@H](CN(C)C(=O)c2ccc(-c3sc(C)nc3C)cc2)CC1=O. The number of nitrogens with zero attached hydrogens (tertiary/aromatic N) is 3.